The number of methoxy groups -OCH3 is 1. The highest BCUT2D eigenvalue weighted by atomic mass is 19.4. The summed E-state index contributed by atoms with van der Waals surface area (Å²) < 4.78 is 54.4. The fraction of sp³-hybridized carbons (Fsp3) is 0.167. The van der Waals surface area contributed by atoms with E-state index < -0.39 is 23.8 Å². The quantitative estimate of drug-likeness (QED) is 0.118. The van der Waals surface area contributed by atoms with E-state index in [4.69, 9.17) is 9.47 Å². The summed E-state index contributed by atoms with van der Waals surface area (Å²) in [5.74, 6) is 0.953. The number of nitrogens with zero attached hydrogens (tertiary/aromatic N) is 2. The molecule has 2 aromatic carbocycles. The largest absolute Gasteiger partial charge is 0.491 e. The first kappa shape index (κ1) is 30.5. The Kier molecular flexibility index (Phi) is 9.54. The van der Waals surface area contributed by atoms with Gasteiger partial charge in [0, 0.05) is 36.6 Å². The molecule has 13 heteroatoms. The third-order valence-corrected chi connectivity index (χ3v) is 5.62. The molecule has 0 saturated heterocycles. The van der Waals surface area contributed by atoms with Crippen LogP contribution in [0.1, 0.15) is 15.9 Å². The number of hydrogen-bond donors (Lipinski definition) is 2. The van der Waals surface area contributed by atoms with Crippen molar-refractivity contribution in [1.29, 1.82) is 0 Å². The van der Waals surface area contributed by atoms with Crippen LogP contribution in [0, 0.1) is 18.8 Å². The molecular formula is C30H23F3N4O6. The van der Waals surface area contributed by atoms with E-state index in [1.807, 2.05) is 0 Å². The molecule has 0 spiro atoms. The number of aromatic nitrogens is 2. The number of pyridine rings is 2. The Balaban J connectivity index is 1.62. The zero-order valence-electron chi connectivity index (χ0n) is 22.7. The SMILES string of the molecule is COCC#CC(=O)CNc1ccc2nccc(Oc3ccc(C(=O)Nc4cc(C)ccn4)c(OC(=O)C(F)(F)F)c3)c2c1. The number of ether oxygens (including phenoxy) is 3. The fourth-order valence-corrected chi connectivity index (χ4v) is 3.66. The average Bonchev–Trinajstić information content (AvgIpc) is 2.96. The summed E-state index contributed by atoms with van der Waals surface area (Å²) in [6.07, 6.45) is -2.41. The Hall–Kier alpha value is -5.48. The standard InChI is InChI=1S/C30H23F3N4O6/c1-18-9-11-35-27(14-18)37-28(39)22-7-6-21(16-26(22)43-29(40)30(31,32)33)42-25-10-12-34-24-8-5-19(15-23(24)25)36-17-20(38)4-3-13-41-2/h5-12,14-16,36H,13,17H2,1-2H3,(H,35,37,39). The maximum absolute atomic E-state index is 13.0. The molecule has 2 aromatic heterocycles. The molecule has 43 heavy (non-hydrogen) atoms. The number of benzene rings is 2. The molecule has 1 amide bonds. The number of carbonyl (C=O) groups is 3. The number of alkyl halides is 3. The summed E-state index contributed by atoms with van der Waals surface area (Å²) in [4.78, 5) is 44.8. The second kappa shape index (κ2) is 13.5. The van der Waals surface area contributed by atoms with Gasteiger partial charge in [-0.25, -0.2) is 9.78 Å². The van der Waals surface area contributed by atoms with Crippen LogP contribution in [0.4, 0.5) is 24.7 Å². The van der Waals surface area contributed by atoms with E-state index in [0.29, 0.717) is 16.6 Å². The lowest BCUT2D eigenvalue weighted by atomic mass is 10.1. The third-order valence-electron chi connectivity index (χ3n) is 5.62. The Bertz CT molecular complexity index is 1750. The number of rotatable bonds is 9. The van der Waals surface area contributed by atoms with E-state index in [1.54, 1.807) is 37.3 Å². The van der Waals surface area contributed by atoms with Crippen molar-refractivity contribution < 1.29 is 41.8 Å². The van der Waals surface area contributed by atoms with Gasteiger partial charge in [0.15, 0.2) is 0 Å². The summed E-state index contributed by atoms with van der Waals surface area (Å²) in [7, 11) is 1.46. The Morgan fingerprint density at radius 1 is 0.953 bits per heavy atom. The lowest BCUT2D eigenvalue weighted by molar-refractivity contribution is -0.189. The summed E-state index contributed by atoms with van der Waals surface area (Å²) in [5.41, 5.74) is 1.48. The van der Waals surface area contributed by atoms with Crippen molar-refractivity contribution in [3.05, 3.63) is 78.1 Å². The number of halogens is 3. The van der Waals surface area contributed by atoms with Crippen molar-refractivity contribution in [3.63, 3.8) is 0 Å². The topological polar surface area (TPSA) is 129 Å². The van der Waals surface area contributed by atoms with Gasteiger partial charge in [0.1, 0.15) is 29.7 Å². The summed E-state index contributed by atoms with van der Waals surface area (Å²) >= 11 is 0. The lowest BCUT2D eigenvalue weighted by Gasteiger charge is -2.15. The van der Waals surface area contributed by atoms with Crippen LogP contribution in [0.2, 0.25) is 0 Å². The zero-order chi connectivity index (χ0) is 31.0. The molecule has 220 valence electrons. The first-order valence-corrected chi connectivity index (χ1v) is 12.5. The van der Waals surface area contributed by atoms with Crippen LogP contribution in [0.15, 0.2) is 67.0 Å². The average molecular weight is 593 g/mol. The van der Waals surface area contributed by atoms with Crippen LogP contribution in [0.3, 0.4) is 0 Å². The molecule has 0 saturated carbocycles. The maximum Gasteiger partial charge on any atom is 0.491 e. The van der Waals surface area contributed by atoms with Crippen LogP contribution in [-0.4, -0.2) is 54.1 Å². The van der Waals surface area contributed by atoms with Crippen LogP contribution in [-0.2, 0) is 14.3 Å². The van der Waals surface area contributed by atoms with Crippen LogP contribution < -0.4 is 20.1 Å². The monoisotopic (exact) mass is 592 g/mol. The van der Waals surface area contributed by atoms with Gasteiger partial charge in [0.05, 0.1) is 17.6 Å². The van der Waals surface area contributed by atoms with E-state index in [2.05, 4.69) is 37.2 Å². The molecule has 2 heterocycles. The molecule has 0 aliphatic rings. The number of carbonyl (C=O) groups excluding carboxylic acids is 3. The molecule has 0 aliphatic carbocycles. The molecule has 0 radical (unpaired) electrons. The number of nitrogens with one attached hydrogen (secondary N) is 2. The van der Waals surface area contributed by atoms with Crippen LogP contribution in [0.25, 0.3) is 10.9 Å². The second-order valence-corrected chi connectivity index (χ2v) is 8.87. The molecule has 2 N–H and O–H groups in total. The second-order valence-electron chi connectivity index (χ2n) is 8.87. The first-order valence-electron chi connectivity index (χ1n) is 12.5. The molecule has 0 unspecified atom stereocenters. The van der Waals surface area contributed by atoms with Gasteiger partial charge >= 0.3 is 12.1 Å². The molecule has 0 fully saturated rings. The number of amides is 1. The fourth-order valence-electron chi connectivity index (χ4n) is 3.66. The number of fused-ring (bicyclic) bond motifs is 1. The maximum atomic E-state index is 13.0. The van der Waals surface area contributed by atoms with Gasteiger partial charge in [-0.3, -0.25) is 14.6 Å². The van der Waals surface area contributed by atoms with Gasteiger partial charge in [-0.2, -0.15) is 13.2 Å². The minimum Gasteiger partial charge on any atom is -0.456 e. The van der Waals surface area contributed by atoms with Crippen molar-refractivity contribution in [2.24, 2.45) is 0 Å². The number of hydrogen-bond acceptors (Lipinski definition) is 9. The van der Waals surface area contributed by atoms with Gasteiger partial charge in [-0.05, 0) is 66.9 Å². The smallest absolute Gasteiger partial charge is 0.456 e. The molecule has 0 aliphatic heterocycles. The number of anilines is 2. The number of Topliss-reactive ketones (excluding diaryl/α,β-unsaturated/α-hetero) is 1. The van der Waals surface area contributed by atoms with E-state index in [9.17, 15) is 27.6 Å². The number of esters is 1. The summed E-state index contributed by atoms with van der Waals surface area (Å²) in [6.45, 7) is 1.81. The highest BCUT2D eigenvalue weighted by Crippen LogP contribution is 2.34. The Morgan fingerprint density at radius 2 is 1.74 bits per heavy atom. The van der Waals surface area contributed by atoms with E-state index in [1.165, 1.54) is 31.6 Å². The highest BCUT2D eigenvalue weighted by Gasteiger charge is 2.42. The molecule has 4 rings (SSSR count). The van der Waals surface area contributed by atoms with Gasteiger partial charge in [-0.15, -0.1) is 0 Å². The van der Waals surface area contributed by atoms with Crippen molar-refractivity contribution >= 4 is 40.1 Å². The predicted molar refractivity (Wildman–Crippen MR) is 150 cm³/mol. The van der Waals surface area contributed by atoms with E-state index in [-0.39, 0.29) is 41.8 Å². The van der Waals surface area contributed by atoms with Crippen molar-refractivity contribution in [3.8, 4) is 29.1 Å². The van der Waals surface area contributed by atoms with Crippen molar-refractivity contribution in [1.82, 2.24) is 9.97 Å². The predicted octanol–water partition coefficient (Wildman–Crippen LogP) is 5.08. The van der Waals surface area contributed by atoms with Crippen LogP contribution in [0.5, 0.6) is 17.2 Å². The number of aryl methyl sites for hydroxylation is 1. The highest BCUT2D eigenvalue weighted by molar-refractivity contribution is 6.06. The molecule has 0 atom stereocenters. The van der Waals surface area contributed by atoms with Crippen LogP contribution >= 0.6 is 0 Å². The normalized spacial score (nSPS) is 10.8. The van der Waals surface area contributed by atoms with Gasteiger partial charge in [0.2, 0.25) is 5.78 Å². The first-order chi connectivity index (χ1) is 20.5. The zero-order valence-corrected chi connectivity index (χ0v) is 22.7. The molecular weight excluding hydrogens is 569 g/mol. The summed E-state index contributed by atoms with van der Waals surface area (Å²) in [5, 5.41) is 5.91. The van der Waals surface area contributed by atoms with Crippen molar-refractivity contribution in [2.75, 3.05) is 30.9 Å². The van der Waals surface area contributed by atoms with Gasteiger partial charge < -0.3 is 24.8 Å². The Labute approximate surface area is 243 Å². The molecule has 0 bridgehead atoms. The third kappa shape index (κ3) is 8.27. The van der Waals surface area contributed by atoms with E-state index in [0.717, 1.165) is 17.7 Å². The van der Waals surface area contributed by atoms with Crippen molar-refractivity contribution in [2.45, 2.75) is 13.1 Å². The Morgan fingerprint density at radius 3 is 2.49 bits per heavy atom. The van der Waals surface area contributed by atoms with E-state index >= 15 is 0 Å². The van der Waals surface area contributed by atoms with Gasteiger partial charge in [-0.1, -0.05) is 5.92 Å². The number of ketones is 1. The van der Waals surface area contributed by atoms with Gasteiger partial charge in [0.25, 0.3) is 5.91 Å². The minimum absolute atomic E-state index is 0.0373. The molecule has 4 aromatic rings. The molecule has 10 nitrogen and oxygen atoms in total. The minimum atomic E-state index is -5.32. The lowest BCUT2D eigenvalue weighted by Crippen LogP contribution is -2.29. The summed E-state index contributed by atoms with van der Waals surface area (Å²) in [6, 6.07) is 13.3.